The molecule has 3 nitrogen and oxygen atoms in total. The maximum Gasteiger partial charge on any atom is 0.308 e. The third kappa shape index (κ3) is 4.46. The summed E-state index contributed by atoms with van der Waals surface area (Å²) in [4.78, 5) is 15.2. The number of ether oxygens (including phenoxy) is 1. The van der Waals surface area contributed by atoms with E-state index in [9.17, 15) is 4.79 Å². The maximum atomic E-state index is 11.7. The predicted molar refractivity (Wildman–Crippen MR) is 116 cm³/mol. The molecule has 28 heavy (non-hydrogen) atoms. The smallest absolute Gasteiger partial charge is 0.308 e. The van der Waals surface area contributed by atoms with Crippen molar-refractivity contribution in [2.24, 2.45) is 11.3 Å². The minimum absolute atomic E-state index is 0.143. The van der Waals surface area contributed by atoms with Gasteiger partial charge in [-0.15, -0.1) is 0 Å². The molecule has 0 radical (unpaired) electrons. The summed E-state index contributed by atoms with van der Waals surface area (Å²) in [6.45, 7) is 8.80. The van der Waals surface area contributed by atoms with E-state index in [1.54, 1.807) is 0 Å². The van der Waals surface area contributed by atoms with Crippen LogP contribution in [-0.4, -0.2) is 18.1 Å². The molecule has 2 aromatic carbocycles. The molecule has 0 fully saturated rings. The number of aromatic nitrogens is 1. The van der Waals surface area contributed by atoms with Crippen molar-refractivity contribution in [3.63, 3.8) is 0 Å². The number of fused-ring (bicyclic) bond motifs is 1. The topological polar surface area (TPSA) is 42.1 Å². The number of methoxy groups -OCH3 is 1. The molecule has 0 unspecified atom stereocenters. The average molecular weight is 378 g/mol. The molecule has 148 valence electrons. The monoisotopic (exact) mass is 377 g/mol. The average Bonchev–Trinajstić information content (AvgIpc) is 3.09. The summed E-state index contributed by atoms with van der Waals surface area (Å²) >= 11 is 0. The van der Waals surface area contributed by atoms with Crippen LogP contribution in [0.5, 0.6) is 0 Å². The fourth-order valence-electron chi connectivity index (χ4n) is 3.66. The van der Waals surface area contributed by atoms with Crippen LogP contribution in [0.4, 0.5) is 0 Å². The Labute approximate surface area is 168 Å². The first-order valence-corrected chi connectivity index (χ1v) is 10.1. The molecular weight excluding hydrogens is 346 g/mol. The van der Waals surface area contributed by atoms with Crippen molar-refractivity contribution >= 4 is 16.9 Å². The minimum Gasteiger partial charge on any atom is -0.469 e. The summed E-state index contributed by atoms with van der Waals surface area (Å²) in [5.41, 5.74) is 6.38. The van der Waals surface area contributed by atoms with Gasteiger partial charge < -0.3 is 9.72 Å². The van der Waals surface area contributed by atoms with E-state index in [1.165, 1.54) is 34.7 Å². The van der Waals surface area contributed by atoms with Gasteiger partial charge in [0.15, 0.2) is 0 Å². The van der Waals surface area contributed by atoms with Gasteiger partial charge in [-0.1, -0.05) is 64.4 Å². The largest absolute Gasteiger partial charge is 0.469 e. The van der Waals surface area contributed by atoms with Gasteiger partial charge in [-0.25, -0.2) is 0 Å². The van der Waals surface area contributed by atoms with Gasteiger partial charge in [0, 0.05) is 17.1 Å². The van der Waals surface area contributed by atoms with Crippen molar-refractivity contribution in [2.45, 2.75) is 47.0 Å². The Bertz CT molecular complexity index is 968. The van der Waals surface area contributed by atoms with Crippen LogP contribution < -0.4 is 0 Å². The number of carbonyl (C=O) groups excluding carboxylic acids is 1. The SMILES string of the molecule is CCC(C)(C)Cc1c[nH]c2ccc(-c3cccc(C[C@H](C)C(=O)OC)c3)cc12. The second-order valence-corrected chi connectivity index (χ2v) is 8.60. The Morgan fingerprint density at radius 3 is 2.61 bits per heavy atom. The van der Waals surface area contributed by atoms with E-state index >= 15 is 0 Å². The highest BCUT2D eigenvalue weighted by molar-refractivity contribution is 5.88. The lowest BCUT2D eigenvalue weighted by atomic mass is 9.83. The van der Waals surface area contributed by atoms with Crippen molar-refractivity contribution in [3.05, 3.63) is 59.8 Å². The number of aromatic amines is 1. The Hall–Kier alpha value is -2.55. The van der Waals surface area contributed by atoms with Gasteiger partial charge in [-0.05, 0) is 52.6 Å². The third-order valence-electron chi connectivity index (χ3n) is 5.80. The molecule has 0 bridgehead atoms. The molecule has 0 spiro atoms. The molecule has 0 aliphatic carbocycles. The molecule has 1 N–H and O–H groups in total. The standard InChI is InChI=1S/C25H31NO2/c1-6-25(3,4)15-21-16-26-23-11-10-20(14-22(21)23)19-9-7-8-18(13-19)12-17(2)24(27)28-5/h7-11,13-14,16-17,26H,6,12,15H2,1-5H3/t17-/m0/s1. The zero-order valence-electron chi connectivity index (χ0n) is 17.6. The fraction of sp³-hybridized carbons (Fsp3) is 0.400. The van der Waals surface area contributed by atoms with E-state index in [0.717, 1.165) is 18.4 Å². The van der Waals surface area contributed by atoms with Crippen molar-refractivity contribution < 1.29 is 9.53 Å². The van der Waals surface area contributed by atoms with Crippen molar-refractivity contribution in [2.75, 3.05) is 7.11 Å². The Morgan fingerprint density at radius 1 is 1.14 bits per heavy atom. The molecule has 0 aliphatic heterocycles. The number of esters is 1. The second kappa shape index (κ2) is 8.22. The van der Waals surface area contributed by atoms with Crippen molar-refractivity contribution in [1.82, 2.24) is 4.98 Å². The summed E-state index contributed by atoms with van der Waals surface area (Å²) in [5.74, 6) is -0.308. The lowest BCUT2D eigenvalue weighted by molar-refractivity contribution is -0.144. The highest BCUT2D eigenvalue weighted by atomic mass is 16.5. The highest BCUT2D eigenvalue weighted by Gasteiger charge is 2.18. The van der Waals surface area contributed by atoms with Gasteiger partial charge in [-0.2, -0.15) is 0 Å². The van der Waals surface area contributed by atoms with Crippen LogP contribution in [0.15, 0.2) is 48.7 Å². The van der Waals surface area contributed by atoms with Gasteiger partial charge in [0.25, 0.3) is 0 Å². The summed E-state index contributed by atoms with van der Waals surface area (Å²) in [6, 6.07) is 15.1. The first-order valence-electron chi connectivity index (χ1n) is 10.1. The number of hydrogen-bond acceptors (Lipinski definition) is 2. The lowest BCUT2D eigenvalue weighted by Gasteiger charge is -2.22. The number of H-pyrrole nitrogens is 1. The third-order valence-corrected chi connectivity index (χ3v) is 5.80. The summed E-state index contributed by atoms with van der Waals surface area (Å²) in [5, 5.41) is 1.30. The highest BCUT2D eigenvalue weighted by Crippen LogP contribution is 2.32. The normalized spacial score (nSPS) is 12.9. The molecule has 0 aliphatic rings. The lowest BCUT2D eigenvalue weighted by Crippen LogP contribution is -2.15. The Morgan fingerprint density at radius 2 is 1.89 bits per heavy atom. The number of carbonyl (C=O) groups is 1. The first kappa shape index (κ1) is 20.2. The van der Waals surface area contributed by atoms with Crippen molar-refractivity contribution in [3.8, 4) is 11.1 Å². The molecule has 1 aromatic heterocycles. The fourth-order valence-corrected chi connectivity index (χ4v) is 3.66. The molecule has 3 rings (SSSR count). The maximum absolute atomic E-state index is 11.7. The van der Waals surface area contributed by atoms with Crippen LogP contribution in [-0.2, 0) is 22.4 Å². The van der Waals surface area contributed by atoms with Crippen LogP contribution >= 0.6 is 0 Å². The van der Waals surface area contributed by atoms with E-state index < -0.39 is 0 Å². The van der Waals surface area contributed by atoms with Gasteiger partial charge in [-0.3, -0.25) is 4.79 Å². The molecular formula is C25H31NO2. The van der Waals surface area contributed by atoms with Gasteiger partial charge >= 0.3 is 5.97 Å². The number of nitrogens with one attached hydrogen (secondary N) is 1. The van der Waals surface area contributed by atoms with Crippen LogP contribution in [0.25, 0.3) is 22.0 Å². The van der Waals surface area contributed by atoms with E-state index in [4.69, 9.17) is 4.74 Å². The van der Waals surface area contributed by atoms with Gasteiger partial charge in [0.1, 0.15) is 0 Å². The zero-order valence-corrected chi connectivity index (χ0v) is 17.6. The molecule has 3 aromatic rings. The van der Waals surface area contributed by atoms with Crippen LogP contribution in [0.1, 0.15) is 45.2 Å². The summed E-state index contributed by atoms with van der Waals surface area (Å²) in [6.07, 6.45) is 5.05. The molecule has 1 atom stereocenters. The van der Waals surface area contributed by atoms with Gasteiger partial charge in [0.2, 0.25) is 0 Å². The van der Waals surface area contributed by atoms with Crippen molar-refractivity contribution in [1.29, 1.82) is 0 Å². The quantitative estimate of drug-likeness (QED) is 0.501. The number of hydrogen-bond donors (Lipinski definition) is 1. The van der Waals surface area contributed by atoms with E-state index in [-0.39, 0.29) is 17.3 Å². The summed E-state index contributed by atoms with van der Waals surface area (Å²) < 4.78 is 4.86. The van der Waals surface area contributed by atoms with Crippen LogP contribution in [0, 0.1) is 11.3 Å². The van der Waals surface area contributed by atoms with E-state index in [0.29, 0.717) is 6.42 Å². The van der Waals surface area contributed by atoms with E-state index in [1.807, 2.05) is 6.92 Å². The Kier molecular flexibility index (Phi) is 5.93. The molecule has 0 saturated carbocycles. The second-order valence-electron chi connectivity index (χ2n) is 8.60. The minimum atomic E-state index is -0.165. The molecule has 0 amide bonds. The van der Waals surface area contributed by atoms with Crippen LogP contribution in [0.2, 0.25) is 0 Å². The summed E-state index contributed by atoms with van der Waals surface area (Å²) in [7, 11) is 1.44. The molecule has 3 heteroatoms. The number of benzene rings is 2. The van der Waals surface area contributed by atoms with Crippen LogP contribution in [0.3, 0.4) is 0 Å². The van der Waals surface area contributed by atoms with Gasteiger partial charge in [0.05, 0.1) is 13.0 Å². The first-order chi connectivity index (χ1) is 13.3. The Balaban J connectivity index is 1.91. The van der Waals surface area contributed by atoms with E-state index in [2.05, 4.69) is 74.4 Å². The predicted octanol–water partition coefficient (Wildman–Crippen LogP) is 6.17. The number of rotatable bonds is 7. The zero-order chi connectivity index (χ0) is 20.3. The molecule has 1 heterocycles. The molecule has 0 saturated heterocycles.